The minimum atomic E-state index is -1.44. The lowest BCUT2D eigenvalue weighted by atomic mass is 10.1. The molecule has 76 valence electrons. The first-order chi connectivity index (χ1) is 6.52. The van der Waals surface area contributed by atoms with Crippen LogP contribution < -0.4 is 4.90 Å². The standard InChI is InChI=1S/C10H13NO3/c1-11(2)8-5-3-7(4-6-8)9(12)10(13)14/h3-6,9,12H,1-2H3,(H,13,14)/t9-/m0/s1. The third kappa shape index (κ3) is 2.23. The molecule has 2 N–H and O–H groups in total. The molecule has 1 aromatic carbocycles. The van der Waals surface area contributed by atoms with E-state index in [9.17, 15) is 9.90 Å². The van der Waals surface area contributed by atoms with Gasteiger partial charge in [-0.2, -0.15) is 0 Å². The molecule has 0 unspecified atom stereocenters. The average molecular weight is 195 g/mol. The van der Waals surface area contributed by atoms with Crippen LogP contribution in [0.4, 0.5) is 5.69 Å². The number of rotatable bonds is 3. The van der Waals surface area contributed by atoms with Crippen LogP contribution in [0, 0.1) is 0 Å². The van der Waals surface area contributed by atoms with Crippen LogP contribution in [-0.2, 0) is 4.79 Å². The SMILES string of the molecule is CN(C)c1ccc([C@H](O)C(=O)O)cc1. The molecule has 1 atom stereocenters. The monoisotopic (exact) mass is 195 g/mol. The second kappa shape index (κ2) is 4.11. The van der Waals surface area contributed by atoms with Crippen molar-refractivity contribution in [3.63, 3.8) is 0 Å². The molecule has 0 saturated heterocycles. The Labute approximate surface area is 82.4 Å². The maximum absolute atomic E-state index is 10.5. The number of hydrogen-bond donors (Lipinski definition) is 2. The summed E-state index contributed by atoms with van der Waals surface area (Å²) in [5.74, 6) is -1.23. The Kier molecular flexibility index (Phi) is 3.09. The van der Waals surface area contributed by atoms with E-state index in [1.807, 2.05) is 19.0 Å². The van der Waals surface area contributed by atoms with Crippen LogP contribution >= 0.6 is 0 Å². The van der Waals surface area contributed by atoms with E-state index in [-0.39, 0.29) is 0 Å². The van der Waals surface area contributed by atoms with Gasteiger partial charge in [-0.1, -0.05) is 12.1 Å². The number of nitrogens with zero attached hydrogens (tertiary/aromatic N) is 1. The average Bonchev–Trinajstić information content (AvgIpc) is 2.16. The number of carbonyl (C=O) groups is 1. The van der Waals surface area contributed by atoms with Gasteiger partial charge in [0.15, 0.2) is 6.10 Å². The fourth-order valence-corrected chi connectivity index (χ4v) is 1.10. The molecule has 0 aromatic heterocycles. The quantitative estimate of drug-likeness (QED) is 0.751. The first-order valence-electron chi connectivity index (χ1n) is 4.20. The van der Waals surface area contributed by atoms with Crippen molar-refractivity contribution in [2.45, 2.75) is 6.10 Å². The van der Waals surface area contributed by atoms with Crippen LogP contribution in [0.25, 0.3) is 0 Å². The normalized spacial score (nSPS) is 12.2. The Bertz CT molecular complexity index is 319. The molecule has 0 saturated carbocycles. The molecule has 0 aliphatic carbocycles. The van der Waals surface area contributed by atoms with Crippen molar-refractivity contribution >= 4 is 11.7 Å². The van der Waals surface area contributed by atoms with E-state index in [0.29, 0.717) is 5.56 Å². The fraction of sp³-hybridized carbons (Fsp3) is 0.300. The van der Waals surface area contributed by atoms with Gasteiger partial charge < -0.3 is 15.1 Å². The molecule has 0 aliphatic heterocycles. The molecule has 0 amide bonds. The number of aliphatic hydroxyl groups excluding tert-OH is 1. The highest BCUT2D eigenvalue weighted by Crippen LogP contribution is 2.17. The summed E-state index contributed by atoms with van der Waals surface area (Å²) in [4.78, 5) is 12.4. The van der Waals surface area contributed by atoms with Crippen molar-refractivity contribution < 1.29 is 15.0 Å². The molecule has 1 rings (SSSR count). The van der Waals surface area contributed by atoms with Gasteiger partial charge in [-0.3, -0.25) is 0 Å². The number of aliphatic carboxylic acids is 1. The molecule has 1 aromatic rings. The molecule has 14 heavy (non-hydrogen) atoms. The van der Waals surface area contributed by atoms with E-state index < -0.39 is 12.1 Å². The topological polar surface area (TPSA) is 60.8 Å². The van der Waals surface area contributed by atoms with Gasteiger partial charge in [0.2, 0.25) is 0 Å². The lowest BCUT2D eigenvalue weighted by Crippen LogP contribution is -2.11. The van der Waals surface area contributed by atoms with Gasteiger partial charge in [0, 0.05) is 19.8 Å². The molecule has 4 nitrogen and oxygen atoms in total. The summed E-state index contributed by atoms with van der Waals surface area (Å²) in [5.41, 5.74) is 1.36. The van der Waals surface area contributed by atoms with Crippen molar-refractivity contribution in [3.05, 3.63) is 29.8 Å². The zero-order valence-corrected chi connectivity index (χ0v) is 8.14. The summed E-state index contributed by atoms with van der Waals surface area (Å²) in [6, 6.07) is 6.74. The molecule has 4 heteroatoms. The smallest absolute Gasteiger partial charge is 0.337 e. The number of anilines is 1. The van der Waals surface area contributed by atoms with Crippen LogP contribution in [0.15, 0.2) is 24.3 Å². The molecule has 0 heterocycles. The Morgan fingerprint density at radius 3 is 2.14 bits per heavy atom. The number of carboxylic acids is 1. The third-order valence-electron chi connectivity index (χ3n) is 1.96. The Morgan fingerprint density at radius 1 is 1.29 bits per heavy atom. The van der Waals surface area contributed by atoms with Crippen LogP contribution in [0.3, 0.4) is 0 Å². The number of benzene rings is 1. The van der Waals surface area contributed by atoms with Gasteiger partial charge in [-0.25, -0.2) is 4.79 Å². The molecule has 0 radical (unpaired) electrons. The maximum Gasteiger partial charge on any atom is 0.337 e. The molecular formula is C10H13NO3. The van der Waals surface area contributed by atoms with E-state index in [1.54, 1.807) is 24.3 Å². The van der Waals surface area contributed by atoms with E-state index in [2.05, 4.69) is 0 Å². The zero-order chi connectivity index (χ0) is 10.7. The molecule has 0 spiro atoms. The minimum Gasteiger partial charge on any atom is -0.479 e. The second-order valence-corrected chi connectivity index (χ2v) is 3.23. The Morgan fingerprint density at radius 2 is 1.79 bits per heavy atom. The first kappa shape index (κ1) is 10.5. The van der Waals surface area contributed by atoms with Crippen molar-refractivity contribution in [1.29, 1.82) is 0 Å². The van der Waals surface area contributed by atoms with E-state index >= 15 is 0 Å². The number of aliphatic hydroxyl groups is 1. The van der Waals surface area contributed by atoms with Gasteiger partial charge in [0.05, 0.1) is 0 Å². The largest absolute Gasteiger partial charge is 0.479 e. The van der Waals surface area contributed by atoms with Crippen molar-refractivity contribution in [2.24, 2.45) is 0 Å². The predicted octanol–water partition coefficient (Wildman–Crippen LogP) is 0.871. The number of hydrogen-bond acceptors (Lipinski definition) is 3. The molecule has 0 fully saturated rings. The van der Waals surface area contributed by atoms with Crippen molar-refractivity contribution in [1.82, 2.24) is 0 Å². The van der Waals surface area contributed by atoms with Crippen LogP contribution in [0.2, 0.25) is 0 Å². The second-order valence-electron chi connectivity index (χ2n) is 3.23. The Hall–Kier alpha value is -1.55. The van der Waals surface area contributed by atoms with Crippen LogP contribution in [0.5, 0.6) is 0 Å². The highest BCUT2D eigenvalue weighted by Gasteiger charge is 2.15. The minimum absolute atomic E-state index is 0.392. The van der Waals surface area contributed by atoms with Crippen molar-refractivity contribution in [2.75, 3.05) is 19.0 Å². The molecular weight excluding hydrogens is 182 g/mol. The van der Waals surface area contributed by atoms with E-state index in [1.165, 1.54) is 0 Å². The molecule has 0 bridgehead atoms. The van der Waals surface area contributed by atoms with Crippen molar-refractivity contribution in [3.8, 4) is 0 Å². The van der Waals surface area contributed by atoms with Crippen LogP contribution in [-0.4, -0.2) is 30.3 Å². The predicted molar refractivity (Wildman–Crippen MR) is 53.4 cm³/mol. The fourth-order valence-electron chi connectivity index (χ4n) is 1.10. The maximum atomic E-state index is 10.5. The lowest BCUT2D eigenvalue weighted by molar-refractivity contribution is -0.146. The summed E-state index contributed by atoms with van der Waals surface area (Å²) in [6.07, 6.45) is -1.44. The summed E-state index contributed by atoms with van der Waals surface area (Å²) in [7, 11) is 3.78. The number of carboxylic acid groups (broad SMARTS) is 1. The van der Waals surface area contributed by atoms with E-state index in [0.717, 1.165) is 5.69 Å². The summed E-state index contributed by atoms with van der Waals surface area (Å²) in [6.45, 7) is 0. The lowest BCUT2D eigenvalue weighted by Gasteiger charge is -2.13. The van der Waals surface area contributed by atoms with Gasteiger partial charge in [0.25, 0.3) is 0 Å². The van der Waals surface area contributed by atoms with Gasteiger partial charge in [-0.05, 0) is 17.7 Å². The highest BCUT2D eigenvalue weighted by molar-refractivity contribution is 5.74. The highest BCUT2D eigenvalue weighted by atomic mass is 16.4. The third-order valence-corrected chi connectivity index (χ3v) is 1.96. The van der Waals surface area contributed by atoms with Gasteiger partial charge in [-0.15, -0.1) is 0 Å². The van der Waals surface area contributed by atoms with Crippen LogP contribution in [0.1, 0.15) is 11.7 Å². The molecule has 0 aliphatic rings. The van der Waals surface area contributed by atoms with Gasteiger partial charge >= 0.3 is 5.97 Å². The Balaban J connectivity index is 2.88. The van der Waals surface area contributed by atoms with E-state index in [4.69, 9.17) is 5.11 Å². The summed E-state index contributed by atoms with van der Waals surface area (Å²) >= 11 is 0. The summed E-state index contributed by atoms with van der Waals surface area (Å²) in [5, 5.41) is 17.8. The van der Waals surface area contributed by atoms with Gasteiger partial charge in [0.1, 0.15) is 0 Å². The summed E-state index contributed by atoms with van der Waals surface area (Å²) < 4.78 is 0. The zero-order valence-electron chi connectivity index (χ0n) is 8.14. The first-order valence-corrected chi connectivity index (χ1v) is 4.20.